The summed E-state index contributed by atoms with van der Waals surface area (Å²) in [5.41, 5.74) is 5.63. The van der Waals surface area contributed by atoms with E-state index in [-0.39, 0.29) is 20.3 Å². The Bertz CT molecular complexity index is 55.0. The van der Waals surface area contributed by atoms with Crippen LogP contribution in [-0.4, -0.2) is 6.04 Å². The average Bonchev–Trinajstić information content (AvgIpc) is 1.69. The molecule has 0 atom stereocenters. The van der Waals surface area contributed by atoms with Crippen LogP contribution in [0.1, 0.15) is 33.5 Å². The molecule has 8 heavy (non-hydrogen) atoms. The molecular formula is C6H14LiN. The predicted octanol–water partition coefficient (Wildman–Crippen LogP) is -1.61. The van der Waals surface area contributed by atoms with E-state index >= 15 is 0 Å². The molecule has 1 aliphatic rings. The van der Waals surface area contributed by atoms with E-state index < -0.39 is 0 Å². The van der Waals surface area contributed by atoms with Gasteiger partial charge < -0.3 is 7.16 Å². The fraction of sp³-hybridized carbons (Fsp3) is 1.00. The van der Waals surface area contributed by atoms with Crippen molar-refractivity contribution >= 4 is 0 Å². The topological polar surface area (TPSA) is 26.0 Å². The number of hydrogen-bond acceptors (Lipinski definition) is 1. The number of nitrogens with two attached hydrogens (primary N) is 1. The second-order valence-corrected chi connectivity index (χ2v) is 2.40. The molecule has 0 aromatic rings. The average molecular weight is 107 g/mol. The van der Waals surface area contributed by atoms with Crippen LogP contribution in [0, 0.1) is 0 Å². The zero-order chi connectivity index (χ0) is 5.11. The van der Waals surface area contributed by atoms with E-state index in [0.29, 0.717) is 6.04 Å². The number of rotatable bonds is 0. The third-order valence-electron chi connectivity index (χ3n) is 1.65. The Kier molecular flexibility index (Phi) is 4.75. The van der Waals surface area contributed by atoms with Crippen molar-refractivity contribution in [3.05, 3.63) is 0 Å². The second kappa shape index (κ2) is 4.44. The molecule has 0 radical (unpaired) electrons. The van der Waals surface area contributed by atoms with Crippen LogP contribution in [0.25, 0.3) is 0 Å². The van der Waals surface area contributed by atoms with Crippen molar-refractivity contribution in [1.29, 1.82) is 0 Å². The normalized spacial score (nSPS) is 22.1. The van der Waals surface area contributed by atoms with Crippen molar-refractivity contribution in [2.24, 2.45) is 5.73 Å². The molecule has 0 aliphatic heterocycles. The predicted molar refractivity (Wildman–Crippen MR) is 32.2 cm³/mol. The third-order valence-corrected chi connectivity index (χ3v) is 1.65. The van der Waals surface area contributed by atoms with E-state index in [1.165, 1.54) is 32.1 Å². The molecule has 0 saturated heterocycles. The summed E-state index contributed by atoms with van der Waals surface area (Å²) in [4.78, 5) is 0. The van der Waals surface area contributed by atoms with Gasteiger partial charge in [0.25, 0.3) is 0 Å². The van der Waals surface area contributed by atoms with Gasteiger partial charge in [-0.2, -0.15) is 0 Å². The smallest absolute Gasteiger partial charge is 1.00 e. The molecule has 0 amide bonds. The fourth-order valence-corrected chi connectivity index (χ4v) is 1.13. The molecule has 2 N–H and O–H groups in total. The summed E-state index contributed by atoms with van der Waals surface area (Å²) >= 11 is 0. The Balaban J connectivity index is 0. The maximum absolute atomic E-state index is 5.63. The van der Waals surface area contributed by atoms with Gasteiger partial charge in [-0.3, -0.25) is 0 Å². The summed E-state index contributed by atoms with van der Waals surface area (Å²) in [7, 11) is 0. The van der Waals surface area contributed by atoms with Crippen LogP contribution in [0.5, 0.6) is 0 Å². The van der Waals surface area contributed by atoms with E-state index in [9.17, 15) is 0 Å². The van der Waals surface area contributed by atoms with Crippen molar-refractivity contribution in [1.82, 2.24) is 0 Å². The SMILES string of the molecule is NC1CCCCC1.[H-].[Li+]. The minimum Gasteiger partial charge on any atom is -1.00 e. The molecule has 2 heteroatoms. The van der Waals surface area contributed by atoms with Crippen LogP contribution in [0.3, 0.4) is 0 Å². The van der Waals surface area contributed by atoms with Crippen LogP contribution < -0.4 is 24.6 Å². The monoisotopic (exact) mass is 107 g/mol. The van der Waals surface area contributed by atoms with E-state index in [1.54, 1.807) is 0 Å². The Morgan fingerprint density at radius 3 is 1.88 bits per heavy atom. The van der Waals surface area contributed by atoms with Crippen molar-refractivity contribution in [2.45, 2.75) is 38.1 Å². The van der Waals surface area contributed by atoms with Gasteiger partial charge in [0, 0.05) is 6.04 Å². The Morgan fingerprint density at radius 2 is 1.62 bits per heavy atom. The van der Waals surface area contributed by atoms with E-state index in [2.05, 4.69) is 0 Å². The summed E-state index contributed by atoms with van der Waals surface area (Å²) in [5.74, 6) is 0. The van der Waals surface area contributed by atoms with Crippen LogP contribution >= 0.6 is 0 Å². The summed E-state index contributed by atoms with van der Waals surface area (Å²) < 4.78 is 0. The first-order valence-corrected chi connectivity index (χ1v) is 3.15. The molecule has 0 aromatic heterocycles. The third kappa shape index (κ3) is 2.77. The van der Waals surface area contributed by atoms with E-state index in [1.807, 2.05) is 0 Å². The largest absolute Gasteiger partial charge is 1.00 e. The van der Waals surface area contributed by atoms with Gasteiger partial charge in [0.15, 0.2) is 0 Å². The quantitative estimate of drug-likeness (QED) is 0.370. The second-order valence-electron chi connectivity index (χ2n) is 2.40. The molecule has 1 saturated carbocycles. The van der Waals surface area contributed by atoms with Crippen LogP contribution in [0.2, 0.25) is 0 Å². The molecule has 0 aromatic carbocycles. The molecule has 0 bridgehead atoms. The molecule has 1 nitrogen and oxygen atoms in total. The van der Waals surface area contributed by atoms with Crippen LogP contribution in [0.4, 0.5) is 0 Å². The van der Waals surface area contributed by atoms with Gasteiger partial charge in [0.2, 0.25) is 0 Å². The van der Waals surface area contributed by atoms with Crippen molar-refractivity contribution in [3.8, 4) is 0 Å². The summed E-state index contributed by atoms with van der Waals surface area (Å²) in [6, 6.07) is 0.536. The summed E-state index contributed by atoms with van der Waals surface area (Å²) in [6.07, 6.45) is 6.66. The Morgan fingerprint density at radius 1 is 1.12 bits per heavy atom. The van der Waals surface area contributed by atoms with Crippen molar-refractivity contribution in [3.63, 3.8) is 0 Å². The first-order chi connectivity index (χ1) is 3.39. The van der Waals surface area contributed by atoms with Gasteiger partial charge in [-0.15, -0.1) is 0 Å². The molecule has 0 unspecified atom stereocenters. The maximum atomic E-state index is 5.63. The van der Waals surface area contributed by atoms with Crippen molar-refractivity contribution in [2.75, 3.05) is 0 Å². The summed E-state index contributed by atoms with van der Waals surface area (Å²) in [5, 5.41) is 0. The van der Waals surface area contributed by atoms with Crippen LogP contribution in [0.15, 0.2) is 0 Å². The van der Waals surface area contributed by atoms with Gasteiger partial charge in [-0.25, -0.2) is 0 Å². The Hall–Kier alpha value is 0.557. The molecule has 1 fully saturated rings. The number of hydrogen-bond donors (Lipinski definition) is 1. The molecule has 1 rings (SSSR count). The zero-order valence-corrected chi connectivity index (χ0v) is 5.69. The van der Waals surface area contributed by atoms with Gasteiger partial charge in [-0.1, -0.05) is 19.3 Å². The van der Waals surface area contributed by atoms with Gasteiger partial charge in [-0.05, 0) is 12.8 Å². The first kappa shape index (κ1) is 8.56. The summed E-state index contributed by atoms with van der Waals surface area (Å²) in [6.45, 7) is 0. The minimum absolute atomic E-state index is 0. The standard InChI is InChI=1S/C6H13N.Li.H/c7-6-4-2-1-3-5-6;;/h6H,1-5,7H2;;/q;+1;-1. The molecule has 0 spiro atoms. The maximum Gasteiger partial charge on any atom is 1.00 e. The molecular weight excluding hydrogens is 93.0 g/mol. The van der Waals surface area contributed by atoms with Gasteiger partial charge >= 0.3 is 18.9 Å². The van der Waals surface area contributed by atoms with Crippen LogP contribution in [-0.2, 0) is 0 Å². The van der Waals surface area contributed by atoms with E-state index in [4.69, 9.17) is 5.73 Å². The van der Waals surface area contributed by atoms with Gasteiger partial charge in [0.1, 0.15) is 0 Å². The zero-order valence-electron chi connectivity index (χ0n) is 6.69. The molecule has 1 aliphatic carbocycles. The molecule has 44 valence electrons. The minimum atomic E-state index is 0. The Labute approximate surface area is 64.7 Å². The fourth-order valence-electron chi connectivity index (χ4n) is 1.13. The van der Waals surface area contributed by atoms with E-state index in [0.717, 1.165) is 0 Å². The molecule has 0 heterocycles. The van der Waals surface area contributed by atoms with Crippen molar-refractivity contribution < 1.29 is 20.3 Å². The van der Waals surface area contributed by atoms with Gasteiger partial charge in [0.05, 0.1) is 0 Å². The first-order valence-electron chi connectivity index (χ1n) is 3.15.